The van der Waals surface area contributed by atoms with Gasteiger partial charge in [0.25, 0.3) is 0 Å². The van der Waals surface area contributed by atoms with E-state index in [4.69, 9.17) is 4.42 Å². The molecule has 0 saturated heterocycles. The largest absolute Gasteiger partial charge is 0.446 e. The van der Waals surface area contributed by atoms with Gasteiger partial charge >= 0.3 is 0 Å². The fraction of sp³-hybridized carbons (Fsp3) is 0. The maximum absolute atomic E-state index is 12.9. The highest BCUT2D eigenvalue weighted by atomic mass is 127. The van der Waals surface area contributed by atoms with Crippen molar-refractivity contribution in [3.05, 3.63) is 55.7 Å². The number of hydrogen-bond acceptors (Lipinski definition) is 2. The van der Waals surface area contributed by atoms with Crippen LogP contribution in [0.25, 0.3) is 0 Å². The highest BCUT2D eigenvalue weighted by Gasteiger charge is 2.16. The normalized spacial score (nSPS) is 10.4. The van der Waals surface area contributed by atoms with Crippen LogP contribution in [0.4, 0.5) is 4.39 Å². The van der Waals surface area contributed by atoms with Crippen molar-refractivity contribution >= 4 is 44.3 Å². The van der Waals surface area contributed by atoms with E-state index >= 15 is 0 Å². The Kier molecular flexibility index (Phi) is 3.44. The minimum Gasteiger partial charge on any atom is -0.446 e. The van der Waals surface area contributed by atoms with E-state index in [1.165, 1.54) is 18.2 Å². The van der Waals surface area contributed by atoms with Crippen LogP contribution in [0.3, 0.4) is 0 Å². The molecule has 0 aliphatic rings. The Balaban J connectivity index is 2.41. The summed E-state index contributed by atoms with van der Waals surface area (Å²) in [5.74, 6) is -0.381. The smallest absolute Gasteiger partial charge is 0.229 e. The Hall–Kier alpha value is -0.690. The quantitative estimate of drug-likeness (QED) is 0.569. The lowest BCUT2D eigenvalue weighted by Crippen LogP contribution is -2.02. The van der Waals surface area contributed by atoms with Gasteiger partial charge in [0.1, 0.15) is 5.82 Å². The van der Waals surface area contributed by atoms with Gasteiger partial charge in [-0.05, 0) is 68.9 Å². The summed E-state index contributed by atoms with van der Waals surface area (Å²) in [6.45, 7) is 0. The van der Waals surface area contributed by atoms with Crippen LogP contribution < -0.4 is 0 Å². The summed E-state index contributed by atoms with van der Waals surface area (Å²) in [7, 11) is 0. The molecule has 2 rings (SSSR count). The Labute approximate surface area is 113 Å². The molecule has 2 aromatic rings. The summed E-state index contributed by atoms with van der Waals surface area (Å²) >= 11 is 5.04. The zero-order valence-electron chi connectivity index (χ0n) is 7.84. The molecular formula is C11H5BrFIO2. The molecule has 5 heteroatoms. The number of carbonyl (C=O) groups excluding carboxylic acids is 1. The van der Waals surface area contributed by atoms with Gasteiger partial charge < -0.3 is 4.42 Å². The van der Waals surface area contributed by atoms with Gasteiger partial charge in [-0.1, -0.05) is 0 Å². The van der Waals surface area contributed by atoms with Gasteiger partial charge in [-0.2, -0.15) is 0 Å². The van der Waals surface area contributed by atoms with Crippen LogP contribution in [0, 0.1) is 9.39 Å². The molecule has 0 fully saturated rings. The summed E-state index contributed by atoms with van der Waals surface area (Å²) < 4.78 is 19.1. The topological polar surface area (TPSA) is 30.2 Å². The van der Waals surface area contributed by atoms with Gasteiger partial charge in [-0.3, -0.25) is 4.79 Å². The molecule has 1 aromatic carbocycles. The zero-order valence-corrected chi connectivity index (χ0v) is 11.6. The second kappa shape index (κ2) is 4.67. The van der Waals surface area contributed by atoms with E-state index in [1.54, 1.807) is 12.1 Å². The predicted octanol–water partition coefficient (Wildman–Crippen LogP) is 4.02. The first-order chi connectivity index (χ1) is 7.58. The van der Waals surface area contributed by atoms with Crippen LogP contribution >= 0.6 is 38.5 Å². The Morgan fingerprint density at radius 2 is 2.06 bits per heavy atom. The van der Waals surface area contributed by atoms with Crippen molar-refractivity contribution in [2.45, 2.75) is 0 Å². The number of hydrogen-bond donors (Lipinski definition) is 0. The van der Waals surface area contributed by atoms with E-state index in [2.05, 4.69) is 15.9 Å². The third kappa shape index (κ3) is 2.35. The third-order valence-corrected chi connectivity index (χ3v) is 3.29. The van der Waals surface area contributed by atoms with Crippen LogP contribution in [-0.4, -0.2) is 5.78 Å². The molecule has 0 aliphatic heterocycles. The Bertz CT molecular complexity index is 551. The van der Waals surface area contributed by atoms with Crippen LogP contribution in [0.5, 0.6) is 0 Å². The third-order valence-electron chi connectivity index (χ3n) is 1.97. The van der Waals surface area contributed by atoms with E-state index < -0.39 is 0 Å². The average Bonchev–Trinajstić information content (AvgIpc) is 2.64. The van der Waals surface area contributed by atoms with Gasteiger partial charge in [0.15, 0.2) is 10.4 Å². The average molecular weight is 395 g/mol. The minimum atomic E-state index is -0.360. The van der Waals surface area contributed by atoms with Gasteiger partial charge in [0.2, 0.25) is 5.78 Å². The number of ketones is 1. The van der Waals surface area contributed by atoms with Crippen molar-refractivity contribution in [1.29, 1.82) is 0 Å². The van der Waals surface area contributed by atoms with Gasteiger partial charge in [0, 0.05) is 9.13 Å². The molecule has 2 nitrogen and oxygen atoms in total. The Morgan fingerprint density at radius 3 is 2.62 bits per heavy atom. The number of halogens is 3. The van der Waals surface area contributed by atoms with E-state index in [9.17, 15) is 9.18 Å². The molecule has 0 unspecified atom stereocenters. The van der Waals surface area contributed by atoms with E-state index in [-0.39, 0.29) is 17.4 Å². The van der Waals surface area contributed by atoms with Crippen LogP contribution in [0.2, 0.25) is 0 Å². The first-order valence-electron chi connectivity index (χ1n) is 4.33. The molecule has 0 N–H and O–H groups in total. The van der Waals surface area contributed by atoms with Crippen LogP contribution in [0.15, 0.2) is 39.4 Å². The second-order valence-electron chi connectivity index (χ2n) is 3.06. The highest BCUT2D eigenvalue weighted by Crippen LogP contribution is 2.21. The Morgan fingerprint density at radius 1 is 1.31 bits per heavy atom. The van der Waals surface area contributed by atoms with Crippen molar-refractivity contribution in [3.63, 3.8) is 0 Å². The molecule has 0 amide bonds. The molecule has 1 heterocycles. The van der Waals surface area contributed by atoms with Gasteiger partial charge in [0.05, 0.1) is 0 Å². The van der Waals surface area contributed by atoms with Crippen molar-refractivity contribution in [1.82, 2.24) is 0 Å². The predicted molar refractivity (Wildman–Crippen MR) is 69.0 cm³/mol. The SMILES string of the molecule is O=C(c1ccc(Br)o1)c1ccc(F)cc1I. The first-order valence-corrected chi connectivity index (χ1v) is 6.20. The maximum atomic E-state index is 12.9. The number of furan rings is 1. The summed E-state index contributed by atoms with van der Waals surface area (Å²) in [6.07, 6.45) is 0. The molecule has 1 aromatic heterocycles. The summed E-state index contributed by atoms with van der Waals surface area (Å²) in [4.78, 5) is 11.9. The summed E-state index contributed by atoms with van der Waals surface area (Å²) in [5, 5.41) is 0. The molecule has 0 atom stereocenters. The molecule has 0 bridgehead atoms. The molecule has 82 valence electrons. The van der Waals surface area contributed by atoms with Crippen molar-refractivity contribution in [3.8, 4) is 0 Å². The lowest BCUT2D eigenvalue weighted by Gasteiger charge is -2.01. The van der Waals surface area contributed by atoms with E-state index in [1.807, 2.05) is 22.6 Å². The molecule has 0 saturated carbocycles. The zero-order chi connectivity index (χ0) is 11.7. The monoisotopic (exact) mass is 394 g/mol. The van der Waals surface area contributed by atoms with Crippen molar-refractivity contribution < 1.29 is 13.6 Å². The molecule has 0 spiro atoms. The summed E-state index contributed by atoms with van der Waals surface area (Å²) in [5.41, 5.74) is 0.434. The fourth-order valence-corrected chi connectivity index (χ4v) is 2.27. The van der Waals surface area contributed by atoms with Crippen molar-refractivity contribution in [2.75, 3.05) is 0 Å². The van der Waals surface area contributed by atoms with Gasteiger partial charge in [-0.15, -0.1) is 0 Å². The fourth-order valence-electron chi connectivity index (χ4n) is 1.24. The molecular weight excluding hydrogens is 390 g/mol. The maximum Gasteiger partial charge on any atom is 0.229 e. The number of rotatable bonds is 2. The lowest BCUT2D eigenvalue weighted by molar-refractivity contribution is 0.101. The van der Waals surface area contributed by atoms with E-state index in [0.29, 0.717) is 13.8 Å². The summed E-state index contributed by atoms with van der Waals surface area (Å²) in [6, 6.07) is 7.24. The molecule has 0 aliphatic carbocycles. The van der Waals surface area contributed by atoms with Crippen molar-refractivity contribution in [2.24, 2.45) is 0 Å². The van der Waals surface area contributed by atoms with Crippen LogP contribution in [0.1, 0.15) is 16.1 Å². The minimum absolute atomic E-state index is 0.233. The second-order valence-corrected chi connectivity index (χ2v) is 5.00. The number of benzene rings is 1. The van der Waals surface area contributed by atoms with Crippen LogP contribution in [-0.2, 0) is 0 Å². The number of carbonyl (C=O) groups is 1. The van der Waals surface area contributed by atoms with E-state index in [0.717, 1.165) is 0 Å². The first kappa shape index (κ1) is 11.8. The van der Waals surface area contributed by atoms with Gasteiger partial charge in [-0.25, -0.2) is 4.39 Å². The standard InChI is InChI=1S/C11H5BrFIO2/c12-10-4-3-9(16-10)11(15)7-2-1-6(13)5-8(7)14/h1-5H. The molecule has 16 heavy (non-hydrogen) atoms. The highest BCUT2D eigenvalue weighted by molar-refractivity contribution is 14.1. The lowest BCUT2D eigenvalue weighted by atomic mass is 10.1. The molecule has 0 radical (unpaired) electrons.